The SMILES string of the molecule is COc1ccccc1N1C[C@H](C(=O)OCC(=O)Nc2ccccc2C)CC1=O. The van der Waals surface area contributed by atoms with E-state index in [-0.39, 0.29) is 18.9 Å². The Morgan fingerprint density at radius 1 is 1.14 bits per heavy atom. The first-order valence-corrected chi connectivity index (χ1v) is 8.95. The largest absolute Gasteiger partial charge is 0.495 e. The van der Waals surface area contributed by atoms with Crippen molar-refractivity contribution in [2.75, 3.05) is 30.5 Å². The fourth-order valence-corrected chi connectivity index (χ4v) is 3.11. The third kappa shape index (κ3) is 4.31. The molecule has 1 saturated heterocycles. The van der Waals surface area contributed by atoms with E-state index in [1.807, 2.05) is 31.2 Å². The molecule has 1 aliphatic rings. The van der Waals surface area contributed by atoms with Crippen LogP contribution >= 0.6 is 0 Å². The van der Waals surface area contributed by atoms with Gasteiger partial charge in [0.15, 0.2) is 6.61 Å². The van der Waals surface area contributed by atoms with Gasteiger partial charge in [0.05, 0.1) is 18.7 Å². The van der Waals surface area contributed by atoms with Crippen molar-refractivity contribution in [1.29, 1.82) is 0 Å². The van der Waals surface area contributed by atoms with Crippen LogP contribution in [0.5, 0.6) is 5.75 Å². The molecule has 1 fully saturated rings. The lowest BCUT2D eigenvalue weighted by molar-refractivity contribution is -0.151. The number of esters is 1. The second-order valence-electron chi connectivity index (χ2n) is 6.55. The maximum Gasteiger partial charge on any atom is 0.311 e. The molecule has 1 atom stereocenters. The number of ether oxygens (including phenoxy) is 2. The molecule has 0 radical (unpaired) electrons. The first-order chi connectivity index (χ1) is 13.5. The van der Waals surface area contributed by atoms with Gasteiger partial charge in [-0.3, -0.25) is 14.4 Å². The van der Waals surface area contributed by atoms with E-state index in [1.165, 1.54) is 12.0 Å². The number of nitrogens with zero attached hydrogens (tertiary/aromatic N) is 1. The quantitative estimate of drug-likeness (QED) is 0.776. The van der Waals surface area contributed by atoms with Crippen molar-refractivity contribution >= 4 is 29.2 Å². The van der Waals surface area contributed by atoms with Crippen LogP contribution < -0.4 is 15.0 Å². The summed E-state index contributed by atoms with van der Waals surface area (Å²) in [5, 5.41) is 2.70. The van der Waals surface area contributed by atoms with Crippen molar-refractivity contribution in [1.82, 2.24) is 0 Å². The zero-order valence-electron chi connectivity index (χ0n) is 15.8. The zero-order chi connectivity index (χ0) is 20.1. The van der Waals surface area contributed by atoms with Gasteiger partial charge in [-0.15, -0.1) is 0 Å². The van der Waals surface area contributed by atoms with E-state index in [0.717, 1.165) is 5.56 Å². The lowest BCUT2D eigenvalue weighted by atomic mass is 10.1. The third-order valence-corrected chi connectivity index (χ3v) is 4.60. The smallest absolute Gasteiger partial charge is 0.311 e. The molecule has 2 aromatic carbocycles. The molecule has 2 aromatic rings. The average molecular weight is 382 g/mol. The molecule has 1 aliphatic heterocycles. The molecule has 1 heterocycles. The van der Waals surface area contributed by atoms with Crippen LogP contribution in [0.1, 0.15) is 12.0 Å². The predicted molar refractivity (Wildman–Crippen MR) is 104 cm³/mol. The Hall–Kier alpha value is -3.35. The summed E-state index contributed by atoms with van der Waals surface area (Å²) in [7, 11) is 1.53. The number of para-hydroxylation sites is 3. The van der Waals surface area contributed by atoms with Crippen molar-refractivity contribution in [2.24, 2.45) is 5.92 Å². The molecule has 7 heteroatoms. The highest BCUT2D eigenvalue weighted by Gasteiger charge is 2.37. The second kappa shape index (κ2) is 8.56. The fourth-order valence-electron chi connectivity index (χ4n) is 3.11. The molecule has 0 spiro atoms. The maximum absolute atomic E-state index is 12.4. The molecular formula is C21H22N2O5. The summed E-state index contributed by atoms with van der Waals surface area (Å²) >= 11 is 0. The summed E-state index contributed by atoms with van der Waals surface area (Å²) in [6, 6.07) is 14.5. The Morgan fingerprint density at radius 3 is 2.61 bits per heavy atom. The number of amides is 2. The van der Waals surface area contributed by atoms with E-state index in [2.05, 4.69) is 5.32 Å². The summed E-state index contributed by atoms with van der Waals surface area (Å²) in [5.41, 5.74) is 2.19. The number of hydrogen-bond acceptors (Lipinski definition) is 5. The standard InChI is InChI=1S/C21H22N2O5/c1-14-7-3-4-8-16(14)22-19(24)13-28-21(26)15-11-20(25)23(12-15)17-9-5-6-10-18(17)27-2/h3-10,15H,11-13H2,1-2H3,(H,22,24)/t15-/m1/s1. The molecule has 0 bridgehead atoms. The van der Waals surface area contributed by atoms with Crippen molar-refractivity contribution in [2.45, 2.75) is 13.3 Å². The van der Waals surface area contributed by atoms with Crippen molar-refractivity contribution in [3.63, 3.8) is 0 Å². The van der Waals surface area contributed by atoms with Gasteiger partial charge in [-0.2, -0.15) is 0 Å². The minimum atomic E-state index is -0.622. The Balaban J connectivity index is 1.56. The lowest BCUT2D eigenvalue weighted by Gasteiger charge is -2.19. The molecular weight excluding hydrogens is 360 g/mol. The van der Waals surface area contributed by atoms with E-state index in [1.54, 1.807) is 24.3 Å². The Morgan fingerprint density at radius 2 is 1.86 bits per heavy atom. The van der Waals surface area contributed by atoms with Gasteiger partial charge in [0.25, 0.3) is 5.91 Å². The number of methoxy groups -OCH3 is 1. The zero-order valence-corrected chi connectivity index (χ0v) is 15.8. The first kappa shape index (κ1) is 19.4. The number of aryl methyl sites for hydroxylation is 1. The third-order valence-electron chi connectivity index (χ3n) is 4.60. The molecule has 28 heavy (non-hydrogen) atoms. The number of anilines is 2. The Labute approximate surface area is 163 Å². The van der Waals surface area contributed by atoms with Crippen LogP contribution in [-0.2, 0) is 19.1 Å². The van der Waals surface area contributed by atoms with Gasteiger partial charge < -0.3 is 19.7 Å². The number of hydrogen-bond donors (Lipinski definition) is 1. The summed E-state index contributed by atoms with van der Waals surface area (Å²) in [6.07, 6.45) is 0.0380. The van der Waals surface area contributed by atoms with Crippen molar-refractivity contribution in [3.8, 4) is 5.75 Å². The molecule has 0 unspecified atom stereocenters. The van der Waals surface area contributed by atoms with Gasteiger partial charge in [0, 0.05) is 18.7 Å². The van der Waals surface area contributed by atoms with Crippen molar-refractivity contribution in [3.05, 3.63) is 54.1 Å². The van der Waals surface area contributed by atoms with Crippen LogP contribution in [0, 0.1) is 12.8 Å². The van der Waals surface area contributed by atoms with Gasteiger partial charge in [-0.25, -0.2) is 0 Å². The van der Waals surface area contributed by atoms with E-state index in [4.69, 9.17) is 9.47 Å². The highest BCUT2D eigenvalue weighted by atomic mass is 16.5. The van der Waals surface area contributed by atoms with Crippen LogP contribution in [0.15, 0.2) is 48.5 Å². The van der Waals surface area contributed by atoms with Gasteiger partial charge in [0.1, 0.15) is 5.75 Å². The van der Waals surface area contributed by atoms with E-state index < -0.39 is 24.4 Å². The molecule has 1 N–H and O–H groups in total. The summed E-state index contributed by atoms with van der Waals surface area (Å²) in [4.78, 5) is 38.2. The van der Waals surface area contributed by atoms with E-state index in [9.17, 15) is 14.4 Å². The topological polar surface area (TPSA) is 84.9 Å². The molecule has 2 amide bonds. The number of nitrogens with one attached hydrogen (secondary N) is 1. The monoisotopic (exact) mass is 382 g/mol. The molecule has 0 aromatic heterocycles. The highest BCUT2D eigenvalue weighted by Crippen LogP contribution is 2.33. The lowest BCUT2D eigenvalue weighted by Crippen LogP contribution is -2.28. The van der Waals surface area contributed by atoms with Gasteiger partial charge >= 0.3 is 5.97 Å². The molecule has 146 valence electrons. The minimum absolute atomic E-state index is 0.0380. The Kier molecular flexibility index (Phi) is 5.93. The summed E-state index contributed by atoms with van der Waals surface area (Å²) < 4.78 is 10.4. The van der Waals surface area contributed by atoms with Crippen LogP contribution in [-0.4, -0.2) is 38.0 Å². The number of carbonyl (C=O) groups is 3. The van der Waals surface area contributed by atoms with Crippen LogP contribution in [0.2, 0.25) is 0 Å². The Bertz CT molecular complexity index is 896. The molecule has 3 rings (SSSR count). The second-order valence-corrected chi connectivity index (χ2v) is 6.55. The van der Waals surface area contributed by atoms with Crippen molar-refractivity contribution < 1.29 is 23.9 Å². The average Bonchev–Trinajstić information content (AvgIpc) is 3.09. The number of benzene rings is 2. The van der Waals surface area contributed by atoms with E-state index >= 15 is 0 Å². The normalized spacial score (nSPS) is 16.0. The fraction of sp³-hybridized carbons (Fsp3) is 0.286. The summed E-state index contributed by atoms with van der Waals surface area (Å²) in [6.45, 7) is 1.67. The first-order valence-electron chi connectivity index (χ1n) is 8.95. The molecule has 0 aliphatic carbocycles. The van der Waals surface area contributed by atoms with Crippen LogP contribution in [0.3, 0.4) is 0 Å². The summed E-state index contributed by atoms with van der Waals surface area (Å²) in [5.74, 6) is -1.23. The highest BCUT2D eigenvalue weighted by molar-refractivity contribution is 6.01. The predicted octanol–water partition coefficient (Wildman–Crippen LogP) is 2.54. The molecule has 0 saturated carbocycles. The van der Waals surface area contributed by atoms with Crippen LogP contribution in [0.25, 0.3) is 0 Å². The maximum atomic E-state index is 12.4. The molecule has 7 nitrogen and oxygen atoms in total. The van der Waals surface area contributed by atoms with E-state index in [0.29, 0.717) is 17.1 Å². The van der Waals surface area contributed by atoms with Gasteiger partial charge in [-0.05, 0) is 30.7 Å². The van der Waals surface area contributed by atoms with Crippen LogP contribution in [0.4, 0.5) is 11.4 Å². The number of rotatable bonds is 6. The minimum Gasteiger partial charge on any atom is -0.495 e. The number of carbonyl (C=O) groups excluding carboxylic acids is 3. The van der Waals surface area contributed by atoms with Gasteiger partial charge in [-0.1, -0.05) is 30.3 Å². The van der Waals surface area contributed by atoms with Gasteiger partial charge in [0.2, 0.25) is 5.91 Å².